The quantitative estimate of drug-likeness (QED) is 0.669. The summed E-state index contributed by atoms with van der Waals surface area (Å²) < 4.78 is 0.944. The number of hydrogen-bond acceptors (Lipinski definition) is 4. The minimum Gasteiger partial charge on any atom is -0.271 e. The molecule has 0 amide bonds. The van der Waals surface area contributed by atoms with E-state index in [0.717, 1.165) is 15.9 Å². The molecular weight excluding hydrogens is 316 g/mol. The van der Waals surface area contributed by atoms with Crippen molar-refractivity contribution in [2.45, 2.75) is 12.5 Å². The molecule has 0 aliphatic rings. The normalized spacial score (nSPS) is 12.4. The maximum atomic E-state index is 6.10. The number of nitrogens with zero attached hydrogens (tertiary/aromatic N) is 2. The highest BCUT2D eigenvalue weighted by Crippen LogP contribution is 2.22. The molecule has 2 aromatic rings. The molecule has 0 fully saturated rings. The average molecular weight is 328 g/mol. The summed E-state index contributed by atoms with van der Waals surface area (Å²) in [5.74, 6) is 5.57. The van der Waals surface area contributed by atoms with Crippen LogP contribution in [0.1, 0.15) is 17.4 Å². The van der Waals surface area contributed by atoms with Crippen molar-refractivity contribution in [3.63, 3.8) is 0 Å². The molecule has 0 aliphatic heterocycles. The van der Waals surface area contributed by atoms with Gasteiger partial charge in [0, 0.05) is 29.0 Å². The van der Waals surface area contributed by atoms with Crippen LogP contribution in [-0.2, 0) is 6.42 Å². The lowest BCUT2D eigenvalue weighted by molar-refractivity contribution is 0.533. The molecule has 0 radical (unpaired) electrons. The van der Waals surface area contributed by atoms with Crippen LogP contribution in [0.15, 0.2) is 41.1 Å². The number of hydrazine groups is 1. The van der Waals surface area contributed by atoms with E-state index in [1.165, 1.54) is 0 Å². The van der Waals surface area contributed by atoms with Crippen molar-refractivity contribution in [3.8, 4) is 0 Å². The third kappa shape index (κ3) is 3.26. The minimum absolute atomic E-state index is 0.160. The summed E-state index contributed by atoms with van der Waals surface area (Å²) in [5, 5.41) is 0.595. The predicted molar refractivity (Wildman–Crippen MR) is 75.0 cm³/mol. The highest BCUT2D eigenvalue weighted by Gasteiger charge is 2.15. The minimum atomic E-state index is -0.160. The van der Waals surface area contributed by atoms with E-state index in [4.69, 9.17) is 17.4 Å². The van der Waals surface area contributed by atoms with Gasteiger partial charge in [-0.3, -0.25) is 21.2 Å². The maximum absolute atomic E-state index is 6.10. The van der Waals surface area contributed by atoms with Crippen LogP contribution in [0, 0.1) is 0 Å². The lowest BCUT2D eigenvalue weighted by atomic mass is 10.1. The van der Waals surface area contributed by atoms with Crippen LogP contribution < -0.4 is 11.3 Å². The molecule has 6 heteroatoms. The van der Waals surface area contributed by atoms with Crippen molar-refractivity contribution >= 4 is 27.5 Å². The highest BCUT2D eigenvalue weighted by molar-refractivity contribution is 9.10. The molecule has 3 N–H and O–H groups in total. The number of halogens is 2. The Bertz CT molecular complexity index is 518. The summed E-state index contributed by atoms with van der Waals surface area (Å²) in [6, 6.07) is 7.30. The first kappa shape index (κ1) is 13.4. The van der Waals surface area contributed by atoms with Crippen LogP contribution >= 0.6 is 27.5 Å². The van der Waals surface area contributed by atoms with E-state index in [2.05, 4.69) is 31.3 Å². The first-order chi connectivity index (χ1) is 8.70. The van der Waals surface area contributed by atoms with Crippen LogP contribution in [0.3, 0.4) is 0 Å². The third-order valence-electron chi connectivity index (χ3n) is 2.52. The predicted octanol–water partition coefficient (Wildman–Crippen LogP) is 2.64. The Hall–Kier alpha value is -1.01. The molecular formula is C12H12BrClN4. The SMILES string of the molecule is NNC(Cc1ccc(Br)cn1)c1ncccc1Cl. The summed E-state index contributed by atoms with van der Waals surface area (Å²) in [6.07, 6.45) is 4.07. The number of hydrogen-bond donors (Lipinski definition) is 2. The Morgan fingerprint density at radius 3 is 2.78 bits per heavy atom. The van der Waals surface area contributed by atoms with Gasteiger partial charge in [0.1, 0.15) is 0 Å². The summed E-state index contributed by atoms with van der Waals surface area (Å²) >= 11 is 9.45. The Kier molecular flexibility index (Phi) is 4.66. The van der Waals surface area contributed by atoms with Crippen molar-refractivity contribution in [1.29, 1.82) is 0 Å². The summed E-state index contributed by atoms with van der Waals surface area (Å²) in [5.41, 5.74) is 4.37. The molecule has 2 heterocycles. The molecule has 4 nitrogen and oxygen atoms in total. The van der Waals surface area contributed by atoms with Crippen LogP contribution in [0.4, 0.5) is 0 Å². The van der Waals surface area contributed by atoms with Gasteiger partial charge in [-0.25, -0.2) is 0 Å². The molecule has 2 rings (SSSR count). The van der Waals surface area contributed by atoms with Crippen LogP contribution in [0.2, 0.25) is 5.02 Å². The van der Waals surface area contributed by atoms with E-state index in [9.17, 15) is 0 Å². The van der Waals surface area contributed by atoms with Crippen molar-refractivity contribution in [2.24, 2.45) is 5.84 Å². The van der Waals surface area contributed by atoms with Gasteiger partial charge in [-0.2, -0.15) is 0 Å². The molecule has 0 spiro atoms. The lowest BCUT2D eigenvalue weighted by Gasteiger charge is -2.16. The molecule has 0 aliphatic carbocycles. The molecule has 1 atom stereocenters. The Labute approximate surface area is 119 Å². The van der Waals surface area contributed by atoms with Gasteiger partial charge in [-0.05, 0) is 40.2 Å². The number of rotatable bonds is 4. The fraction of sp³-hybridized carbons (Fsp3) is 0.167. The van der Waals surface area contributed by atoms with E-state index in [-0.39, 0.29) is 6.04 Å². The monoisotopic (exact) mass is 326 g/mol. The molecule has 1 unspecified atom stereocenters. The second-order valence-corrected chi connectivity index (χ2v) is 5.08. The summed E-state index contributed by atoms with van der Waals surface area (Å²) in [6.45, 7) is 0. The second-order valence-electron chi connectivity index (χ2n) is 3.76. The number of pyridine rings is 2. The van der Waals surface area contributed by atoms with Crippen molar-refractivity contribution in [3.05, 3.63) is 57.5 Å². The number of aromatic nitrogens is 2. The van der Waals surface area contributed by atoms with Gasteiger partial charge in [-0.15, -0.1) is 0 Å². The van der Waals surface area contributed by atoms with E-state index in [1.54, 1.807) is 24.5 Å². The van der Waals surface area contributed by atoms with Gasteiger partial charge < -0.3 is 0 Å². The zero-order chi connectivity index (χ0) is 13.0. The van der Waals surface area contributed by atoms with E-state index in [1.807, 2.05) is 12.1 Å². The largest absolute Gasteiger partial charge is 0.271 e. The first-order valence-corrected chi connectivity index (χ1v) is 6.55. The van der Waals surface area contributed by atoms with Crippen molar-refractivity contribution in [2.75, 3.05) is 0 Å². The van der Waals surface area contributed by atoms with Gasteiger partial charge in [0.2, 0.25) is 0 Å². The van der Waals surface area contributed by atoms with Crippen LogP contribution in [-0.4, -0.2) is 9.97 Å². The Morgan fingerprint density at radius 1 is 1.33 bits per heavy atom. The molecule has 0 saturated carbocycles. The van der Waals surface area contributed by atoms with Gasteiger partial charge in [0.05, 0.1) is 16.8 Å². The maximum Gasteiger partial charge on any atom is 0.0776 e. The molecule has 18 heavy (non-hydrogen) atoms. The zero-order valence-corrected chi connectivity index (χ0v) is 11.8. The average Bonchev–Trinajstić information content (AvgIpc) is 2.39. The third-order valence-corrected chi connectivity index (χ3v) is 3.31. The fourth-order valence-electron chi connectivity index (χ4n) is 1.63. The lowest BCUT2D eigenvalue weighted by Crippen LogP contribution is -2.30. The van der Waals surface area contributed by atoms with Crippen molar-refractivity contribution in [1.82, 2.24) is 15.4 Å². The van der Waals surface area contributed by atoms with E-state index >= 15 is 0 Å². The van der Waals surface area contributed by atoms with E-state index in [0.29, 0.717) is 11.4 Å². The Balaban J connectivity index is 2.20. The van der Waals surface area contributed by atoms with Crippen molar-refractivity contribution < 1.29 is 0 Å². The van der Waals surface area contributed by atoms with Gasteiger partial charge in [0.25, 0.3) is 0 Å². The molecule has 94 valence electrons. The van der Waals surface area contributed by atoms with Gasteiger partial charge in [-0.1, -0.05) is 11.6 Å². The highest BCUT2D eigenvalue weighted by atomic mass is 79.9. The van der Waals surface area contributed by atoms with E-state index < -0.39 is 0 Å². The van der Waals surface area contributed by atoms with Crippen LogP contribution in [0.25, 0.3) is 0 Å². The fourth-order valence-corrected chi connectivity index (χ4v) is 2.11. The number of nitrogens with two attached hydrogens (primary N) is 1. The second kappa shape index (κ2) is 6.24. The molecule has 0 aromatic carbocycles. The topological polar surface area (TPSA) is 63.8 Å². The number of nitrogens with one attached hydrogen (secondary N) is 1. The summed E-state index contributed by atoms with van der Waals surface area (Å²) in [4.78, 5) is 8.56. The van der Waals surface area contributed by atoms with Gasteiger partial charge >= 0.3 is 0 Å². The zero-order valence-electron chi connectivity index (χ0n) is 9.48. The first-order valence-electron chi connectivity index (χ1n) is 5.37. The van der Waals surface area contributed by atoms with Crippen LogP contribution in [0.5, 0.6) is 0 Å². The molecule has 0 saturated heterocycles. The molecule has 0 bridgehead atoms. The Morgan fingerprint density at radius 2 is 2.17 bits per heavy atom. The molecule has 2 aromatic heterocycles. The van der Waals surface area contributed by atoms with Gasteiger partial charge in [0.15, 0.2) is 0 Å². The summed E-state index contributed by atoms with van der Waals surface area (Å²) in [7, 11) is 0. The smallest absolute Gasteiger partial charge is 0.0776 e. The standard InChI is InChI=1S/C12H12BrClN4/c13-8-3-4-9(17-7-8)6-11(18-15)12-10(14)2-1-5-16-12/h1-5,7,11,18H,6,15H2.